The third kappa shape index (κ3) is 4.68. The van der Waals surface area contributed by atoms with Gasteiger partial charge in [-0.1, -0.05) is 38.1 Å². The summed E-state index contributed by atoms with van der Waals surface area (Å²) in [5, 5.41) is 3.69. The van der Waals surface area contributed by atoms with E-state index in [1.807, 2.05) is 12.1 Å². The van der Waals surface area contributed by atoms with Gasteiger partial charge in [0.15, 0.2) is 0 Å². The van der Waals surface area contributed by atoms with E-state index in [1.165, 1.54) is 37.7 Å². The van der Waals surface area contributed by atoms with Gasteiger partial charge in [-0.3, -0.25) is 0 Å². The molecular weight excluding hydrogens is 246 g/mol. The summed E-state index contributed by atoms with van der Waals surface area (Å²) in [5.74, 6) is 1.88. The van der Waals surface area contributed by atoms with Crippen LogP contribution in [0.4, 0.5) is 0 Å². The van der Waals surface area contributed by atoms with Crippen molar-refractivity contribution in [2.75, 3.05) is 6.61 Å². The van der Waals surface area contributed by atoms with Crippen molar-refractivity contribution in [3.63, 3.8) is 0 Å². The molecule has 1 aliphatic carbocycles. The molecule has 2 nitrogen and oxygen atoms in total. The van der Waals surface area contributed by atoms with Crippen molar-refractivity contribution in [2.24, 2.45) is 5.92 Å². The number of ether oxygens (including phenoxy) is 1. The fraction of sp³-hybridized carbons (Fsp3) is 0.556. The smallest absolute Gasteiger partial charge is 0.119 e. The van der Waals surface area contributed by atoms with E-state index in [2.05, 4.69) is 31.0 Å². The molecule has 0 aromatic heterocycles. The van der Waals surface area contributed by atoms with E-state index in [1.54, 1.807) is 6.08 Å². The van der Waals surface area contributed by atoms with Crippen molar-refractivity contribution >= 4 is 0 Å². The molecule has 0 amide bonds. The lowest BCUT2D eigenvalue weighted by molar-refractivity contribution is 0.285. The van der Waals surface area contributed by atoms with E-state index in [4.69, 9.17) is 4.74 Å². The van der Waals surface area contributed by atoms with Crippen LogP contribution in [-0.4, -0.2) is 12.6 Å². The average Bonchev–Trinajstić information content (AvgIpc) is 2.52. The Morgan fingerprint density at radius 3 is 2.50 bits per heavy atom. The zero-order valence-electron chi connectivity index (χ0n) is 12.6. The number of benzene rings is 1. The first-order chi connectivity index (χ1) is 9.81. The van der Waals surface area contributed by atoms with Crippen LogP contribution in [0.25, 0.3) is 0 Å². The first kappa shape index (κ1) is 15.1. The summed E-state index contributed by atoms with van der Waals surface area (Å²) in [6.45, 7) is 7.49. The van der Waals surface area contributed by atoms with Crippen LogP contribution in [0.1, 0.15) is 44.6 Å². The summed E-state index contributed by atoms with van der Waals surface area (Å²) in [6, 6.07) is 9.06. The van der Waals surface area contributed by atoms with Crippen molar-refractivity contribution in [3.05, 3.63) is 42.5 Å². The van der Waals surface area contributed by atoms with E-state index in [0.29, 0.717) is 12.6 Å². The Kier molecular flexibility index (Phi) is 6.13. The second kappa shape index (κ2) is 8.11. The molecule has 0 spiro atoms. The molecule has 1 aromatic rings. The summed E-state index contributed by atoms with van der Waals surface area (Å²) in [7, 11) is 0. The Morgan fingerprint density at radius 1 is 1.20 bits per heavy atom. The maximum absolute atomic E-state index is 5.49. The SMILES string of the molecule is C=CCOc1ccc(CNC2CCC(CC)CC2)cc1. The predicted molar refractivity (Wildman–Crippen MR) is 85.0 cm³/mol. The second-order valence-corrected chi connectivity index (χ2v) is 5.75. The van der Waals surface area contributed by atoms with Crippen molar-refractivity contribution in [2.45, 2.75) is 51.6 Å². The molecule has 1 N–H and O–H groups in total. The second-order valence-electron chi connectivity index (χ2n) is 5.75. The van der Waals surface area contributed by atoms with Crippen LogP contribution in [0.5, 0.6) is 5.75 Å². The Balaban J connectivity index is 1.72. The monoisotopic (exact) mass is 273 g/mol. The van der Waals surface area contributed by atoms with Crippen LogP contribution in [0.3, 0.4) is 0 Å². The highest BCUT2D eigenvalue weighted by molar-refractivity contribution is 5.27. The Hall–Kier alpha value is -1.28. The van der Waals surface area contributed by atoms with Crippen LogP contribution in [0.15, 0.2) is 36.9 Å². The van der Waals surface area contributed by atoms with Crippen molar-refractivity contribution in [3.8, 4) is 5.75 Å². The zero-order valence-corrected chi connectivity index (χ0v) is 12.6. The molecule has 0 saturated heterocycles. The molecule has 0 unspecified atom stereocenters. The van der Waals surface area contributed by atoms with Crippen LogP contribution in [0.2, 0.25) is 0 Å². The third-order valence-corrected chi connectivity index (χ3v) is 4.31. The quantitative estimate of drug-likeness (QED) is 0.747. The highest BCUT2D eigenvalue weighted by Gasteiger charge is 2.19. The minimum Gasteiger partial charge on any atom is -0.490 e. The zero-order chi connectivity index (χ0) is 14.2. The fourth-order valence-corrected chi connectivity index (χ4v) is 2.90. The molecule has 1 aliphatic rings. The Bertz CT molecular complexity index is 390. The number of hydrogen-bond donors (Lipinski definition) is 1. The molecule has 1 saturated carbocycles. The summed E-state index contributed by atoms with van der Waals surface area (Å²) >= 11 is 0. The van der Waals surface area contributed by atoms with Crippen molar-refractivity contribution in [1.29, 1.82) is 0 Å². The van der Waals surface area contributed by atoms with Crippen LogP contribution < -0.4 is 10.1 Å². The van der Waals surface area contributed by atoms with Gasteiger partial charge in [-0.2, -0.15) is 0 Å². The van der Waals surface area contributed by atoms with Gasteiger partial charge in [0.25, 0.3) is 0 Å². The van der Waals surface area contributed by atoms with Gasteiger partial charge in [-0.15, -0.1) is 0 Å². The van der Waals surface area contributed by atoms with Crippen LogP contribution in [-0.2, 0) is 6.54 Å². The maximum atomic E-state index is 5.49. The molecular formula is C18H27NO. The van der Waals surface area contributed by atoms with Crippen LogP contribution in [0, 0.1) is 5.92 Å². The van der Waals surface area contributed by atoms with Gasteiger partial charge in [0.05, 0.1) is 0 Å². The first-order valence-corrected chi connectivity index (χ1v) is 7.87. The molecule has 0 aliphatic heterocycles. The third-order valence-electron chi connectivity index (χ3n) is 4.31. The van der Waals surface area contributed by atoms with Gasteiger partial charge in [0.1, 0.15) is 12.4 Å². The standard InChI is InChI=1S/C18H27NO/c1-3-13-20-18-11-7-16(8-12-18)14-19-17-9-5-15(4-2)6-10-17/h3,7-8,11-12,15,17,19H,1,4-6,9-10,13-14H2,2H3. The molecule has 0 atom stereocenters. The van der Waals surface area contributed by atoms with Crippen LogP contribution >= 0.6 is 0 Å². The van der Waals surface area contributed by atoms with Gasteiger partial charge >= 0.3 is 0 Å². The molecule has 20 heavy (non-hydrogen) atoms. The summed E-state index contributed by atoms with van der Waals surface area (Å²) in [4.78, 5) is 0. The van der Waals surface area contributed by atoms with Gasteiger partial charge in [-0.25, -0.2) is 0 Å². The highest BCUT2D eigenvalue weighted by Crippen LogP contribution is 2.26. The van der Waals surface area contributed by atoms with Crippen molar-refractivity contribution in [1.82, 2.24) is 5.32 Å². The van der Waals surface area contributed by atoms with E-state index in [-0.39, 0.29) is 0 Å². The van der Waals surface area contributed by atoms with Gasteiger partial charge in [-0.05, 0) is 49.3 Å². The number of rotatable bonds is 7. The lowest BCUT2D eigenvalue weighted by Gasteiger charge is -2.28. The normalized spacial score (nSPS) is 22.4. The molecule has 1 aromatic carbocycles. The summed E-state index contributed by atoms with van der Waals surface area (Å²) < 4.78 is 5.49. The van der Waals surface area contributed by atoms with E-state index < -0.39 is 0 Å². The summed E-state index contributed by atoms with van der Waals surface area (Å²) in [6.07, 6.45) is 8.56. The lowest BCUT2D eigenvalue weighted by Crippen LogP contribution is -2.32. The number of hydrogen-bond acceptors (Lipinski definition) is 2. The van der Waals surface area contributed by atoms with Crippen molar-refractivity contribution < 1.29 is 4.74 Å². The molecule has 0 radical (unpaired) electrons. The average molecular weight is 273 g/mol. The molecule has 2 rings (SSSR count). The highest BCUT2D eigenvalue weighted by atomic mass is 16.5. The molecule has 1 fully saturated rings. The first-order valence-electron chi connectivity index (χ1n) is 7.87. The molecule has 2 heteroatoms. The molecule has 110 valence electrons. The lowest BCUT2D eigenvalue weighted by atomic mass is 9.84. The number of nitrogens with one attached hydrogen (secondary N) is 1. The van der Waals surface area contributed by atoms with Gasteiger partial charge < -0.3 is 10.1 Å². The maximum Gasteiger partial charge on any atom is 0.119 e. The molecule has 0 heterocycles. The minimum absolute atomic E-state index is 0.568. The predicted octanol–water partition coefficient (Wildman–Crippen LogP) is 4.31. The Labute approximate surface area is 123 Å². The minimum atomic E-state index is 0.568. The Morgan fingerprint density at radius 2 is 1.90 bits per heavy atom. The van der Waals surface area contributed by atoms with E-state index in [0.717, 1.165) is 18.2 Å². The van der Waals surface area contributed by atoms with E-state index >= 15 is 0 Å². The fourth-order valence-electron chi connectivity index (χ4n) is 2.90. The van der Waals surface area contributed by atoms with Gasteiger partial charge in [0.2, 0.25) is 0 Å². The largest absolute Gasteiger partial charge is 0.490 e. The molecule has 0 bridgehead atoms. The van der Waals surface area contributed by atoms with Gasteiger partial charge in [0, 0.05) is 12.6 Å². The van der Waals surface area contributed by atoms with E-state index in [9.17, 15) is 0 Å². The topological polar surface area (TPSA) is 21.3 Å². The summed E-state index contributed by atoms with van der Waals surface area (Å²) in [5.41, 5.74) is 1.33.